The fraction of sp³-hybridized carbons (Fsp3) is 0.385. The maximum Gasteiger partial charge on any atom is 0.416 e. The molecule has 166 valence electrons. The SMILES string of the molecule is Cc1cc(-c2ccc3cc(N(C)OC(C)(C)C(C)(C)C)ccc3c2)cc(C(F)(F)F)c1. The van der Waals surface area contributed by atoms with Crippen LogP contribution in [0.3, 0.4) is 0 Å². The minimum absolute atomic E-state index is 0.0455. The minimum atomic E-state index is -4.36. The van der Waals surface area contributed by atoms with Gasteiger partial charge >= 0.3 is 6.18 Å². The van der Waals surface area contributed by atoms with Gasteiger partial charge in [0.1, 0.15) is 0 Å². The molecular formula is C26H30F3NO. The van der Waals surface area contributed by atoms with Crippen molar-refractivity contribution in [2.24, 2.45) is 5.41 Å². The second kappa shape index (κ2) is 7.86. The van der Waals surface area contributed by atoms with E-state index < -0.39 is 11.7 Å². The number of hydrogen-bond donors (Lipinski definition) is 0. The van der Waals surface area contributed by atoms with E-state index >= 15 is 0 Å². The number of nitrogens with zero attached hydrogens (tertiary/aromatic N) is 1. The third-order valence-electron chi connectivity index (χ3n) is 6.10. The van der Waals surface area contributed by atoms with Crippen molar-refractivity contribution in [2.45, 2.75) is 53.3 Å². The number of alkyl halides is 3. The molecule has 3 aromatic rings. The first-order valence-corrected chi connectivity index (χ1v) is 10.3. The quantitative estimate of drug-likeness (QED) is 0.389. The van der Waals surface area contributed by atoms with Crippen molar-refractivity contribution < 1.29 is 18.0 Å². The number of hydroxylamine groups is 1. The van der Waals surface area contributed by atoms with E-state index in [1.54, 1.807) is 18.1 Å². The van der Waals surface area contributed by atoms with E-state index in [0.717, 1.165) is 22.0 Å². The zero-order valence-electron chi connectivity index (χ0n) is 19.2. The van der Waals surface area contributed by atoms with Crippen LogP contribution in [0.15, 0.2) is 54.6 Å². The van der Waals surface area contributed by atoms with Crippen LogP contribution in [0.1, 0.15) is 45.7 Å². The van der Waals surface area contributed by atoms with Crippen molar-refractivity contribution in [1.29, 1.82) is 0 Å². The molecule has 3 rings (SSSR count). The average molecular weight is 430 g/mol. The molecule has 0 N–H and O–H groups in total. The lowest BCUT2D eigenvalue weighted by atomic mass is 9.79. The van der Waals surface area contributed by atoms with Crippen molar-refractivity contribution in [2.75, 3.05) is 12.1 Å². The average Bonchev–Trinajstić information content (AvgIpc) is 2.64. The highest BCUT2D eigenvalue weighted by Crippen LogP contribution is 2.36. The Morgan fingerprint density at radius 1 is 0.742 bits per heavy atom. The normalized spacial score (nSPS) is 13.0. The maximum absolute atomic E-state index is 13.2. The topological polar surface area (TPSA) is 12.5 Å². The van der Waals surface area contributed by atoms with Gasteiger partial charge in [-0.05, 0) is 84.0 Å². The first kappa shape index (κ1) is 23.1. The second-order valence-electron chi connectivity index (χ2n) is 9.68. The van der Waals surface area contributed by atoms with E-state index in [2.05, 4.69) is 34.6 Å². The standard InChI is InChI=1S/C26H30F3NO/c1-17-12-21(15-22(13-17)26(27,28)29)19-8-9-20-16-23(11-10-18(20)14-19)30(7)31-25(5,6)24(2,3)4/h8-16H,1-7H3. The lowest BCUT2D eigenvalue weighted by molar-refractivity contribution is -0.137. The van der Waals surface area contributed by atoms with E-state index in [9.17, 15) is 13.2 Å². The highest BCUT2D eigenvalue weighted by molar-refractivity contribution is 5.89. The minimum Gasteiger partial charge on any atom is -0.267 e. The lowest BCUT2D eigenvalue weighted by Crippen LogP contribution is -2.44. The van der Waals surface area contributed by atoms with Crippen molar-refractivity contribution in [3.05, 3.63) is 65.7 Å². The lowest BCUT2D eigenvalue weighted by Gasteiger charge is -2.41. The van der Waals surface area contributed by atoms with Gasteiger partial charge in [-0.2, -0.15) is 13.2 Å². The zero-order valence-corrected chi connectivity index (χ0v) is 19.2. The van der Waals surface area contributed by atoms with Gasteiger partial charge in [-0.3, -0.25) is 9.90 Å². The van der Waals surface area contributed by atoms with Gasteiger partial charge in [-0.25, -0.2) is 0 Å². The summed E-state index contributed by atoms with van der Waals surface area (Å²) in [5.74, 6) is 0. The summed E-state index contributed by atoms with van der Waals surface area (Å²) < 4.78 is 39.6. The Bertz CT molecular complexity index is 1090. The van der Waals surface area contributed by atoms with Crippen LogP contribution >= 0.6 is 0 Å². The molecule has 0 atom stereocenters. The molecule has 31 heavy (non-hydrogen) atoms. The fourth-order valence-corrected chi connectivity index (χ4v) is 3.25. The van der Waals surface area contributed by atoms with Crippen molar-refractivity contribution in [3.63, 3.8) is 0 Å². The van der Waals surface area contributed by atoms with Crippen LogP contribution < -0.4 is 5.06 Å². The molecule has 0 amide bonds. The Kier molecular flexibility index (Phi) is 5.87. The highest BCUT2D eigenvalue weighted by atomic mass is 19.4. The van der Waals surface area contributed by atoms with Crippen molar-refractivity contribution in [3.8, 4) is 11.1 Å². The summed E-state index contributed by atoms with van der Waals surface area (Å²) >= 11 is 0. The summed E-state index contributed by atoms with van der Waals surface area (Å²) in [5.41, 5.74) is 1.77. The van der Waals surface area contributed by atoms with Gasteiger partial charge in [-0.15, -0.1) is 0 Å². The molecule has 2 nitrogen and oxygen atoms in total. The van der Waals surface area contributed by atoms with Crippen molar-refractivity contribution in [1.82, 2.24) is 0 Å². The molecule has 0 unspecified atom stereocenters. The van der Waals surface area contributed by atoms with E-state index in [4.69, 9.17) is 4.84 Å². The number of benzene rings is 3. The molecule has 5 heteroatoms. The van der Waals surface area contributed by atoms with Gasteiger partial charge in [0.15, 0.2) is 0 Å². The molecule has 0 aliphatic carbocycles. The number of halogens is 3. The maximum atomic E-state index is 13.2. The van der Waals surface area contributed by atoms with Gasteiger partial charge in [-0.1, -0.05) is 45.0 Å². The Hall–Kier alpha value is -2.53. The first-order valence-electron chi connectivity index (χ1n) is 10.3. The smallest absolute Gasteiger partial charge is 0.267 e. The highest BCUT2D eigenvalue weighted by Gasteiger charge is 2.36. The molecule has 0 aliphatic heterocycles. The van der Waals surface area contributed by atoms with Crippen LogP contribution in [-0.2, 0) is 11.0 Å². The van der Waals surface area contributed by atoms with Crippen LogP contribution in [0, 0.1) is 12.3 Å². The van der Waals surface area contributed by atoms with Crippen LogP contribution in [0.4, 0.5) is 18.9 Å². The number of aryl methyl sites for hydroxylation is 1. The number of hydrogen-bond acceptors (Lipinski definition) is 2. The Balaban J connectivity index is 1.93. The Morgan fingerprint density at radius 3 is 1.97 bits per heavy atom. The summed E-state index contributed by atoms with van der Waals surface area (Å²) in [7, 11) is 1.88. The van der Waals surface area contributed by atoms with Gasteiger partial charge < -0.3 is 0 Å². The molecule has 0 fully saturated rings. The summed E-state index contributed by atoms with van der Waals surface area (Å²) in [4.78, 5) is 6.22. The molecule has 0 saturated heterocycles. The van der Waals surface area contributed by atoms with E-state index in [0.29, 0.717) is 11.1 Å². The van der Waals surface area contributed by atoms with Crippen LogP contribution in [0.5, 0.6) is 0 Å². The molecular weight excluding hydrogens is 399 g/mol. The van der Waals surface area contributed by atoms with E-state index in [-0.39, 0.29) is 11.0 Å². The number of fused-ring (bicyclic) bond motifs is 1. The first-order chi connectivity index (χ1) is 14.2. The second-order valence-corrected chi connectivity index (χ2v) is 9.68. The molecule has 0 saturated carbocycles. The molecule has 3 aromatic carbocycles. The van der Waals surface area contributed by atoms with E-state index in [1.165, 1.54) is 12.1 Å². The Labute approximate surface area is 182 Å². The van der Waals surface area contributed by atoms with Crippen molar-refractivity contribution >= 4 is 16.5 Å². The van der Waals surface area contributed by atoms with Crippen LogP contribution in [0.25, 0.3) is 21.9 Å². The molecule has 0 aromatic heterocycles. The number of rotatable bonds is 4. The molecule has 0 aliphatic rings. The molecule has 0 spiro atoms. The van der Waals surface area contributed by atoms with Gasteiger partial charge in [0, 0.05) is 7.05 Å². The summed E-state index contributed by atoms with van der Waals surface area (Å²) in [6, 6.07) is 15.8. The molecule has 0 bridgehead atoms. The predicted octanol–water partition coefficient (Wildman–Crippen LogP) is 8.03. The third kappa shape index (κ3) is 5.04. The third-order valence-corrected chi connectivity index (χ3v) is 6.10. The summed E-state index contributed by atoms with van der Waals surface area (Å²) in [5, 5.41) is 3.73. The van der Waals surface area contributed by atoms with Crippen LogP contribution in [0.2, 0.25) is 0 Å². The van der Waals surface area contributed by atoms with E-state index in [1.807, 2.05) is 43.4 Å². The largest absolute Gasteiger partial charge is 0.416 e. The van der Waals surface area contributed by atoms with Gasteiger partial charge in [0.25, 0.3) is 0 Å². The van der Waals surface area contributed by atoms with Gasteiger partial charge in [0.2, 0.25) is 0 Å². The monoisotopic (exact) mass is 429 g/mol. The number of anilines is 1. The summed E-state index contributed by atoms with van der Waals surface area (Å²) in [6.07, 6.45) is -4.36. The Morgan fingerprint density at radius 2 is 1.35 bits per heavy atom. The molecule has 0 radical (unpaired) electrons. The predicted molar refractivity (Wildman–Crippen MR) is 122 cm³/mol. The fourth-order valence-electron chi connectivity index (χ4n) is 3.25. The summed E-state index contributed by atoms with van der Waals surface area (Å²) in [6.45, 7) is 12.2. The zero-order chi connectivity index (χ0) is 23.2. The van der Waals surface area contributed by atoms with Crippen LogP contribution in [-0.4, -0.2) is 12.6 Å². The molecule has 0 heterocycles. The van der Waals surface area contributed by atoms with Gasteiger partial charge in [0.05, 0.1) is 16.9 Å².